The lowest BCUT2D eigenvalue weighted by atomic mass is 10.1. The number of nitrogens with zero attached hydrogens (tertiary/aromatic N) is 2. The molecule has 0 fully saturated rings. The Bertz CT molecular complexity index is 1170. The lowest BCUT2D eigenvalue weighted by Gasteiger charge is -2.33. The van der Waals surface area contributed by atoms with Gasteiger partial charge in [-0.15, -0.1) is 0 Å². The second kappa shape index (κ2) is 13.3. The van der Waals surface area contributed by atoms with Crippen molar-refractivity contribution >= 4 is 27.5 Å². The third-order valence-corrected chi connectivity index (χ3v) is 6.81. The second-order valence-corrected chi connectivity index (χ2v) is 10.9. The molecule has 1 atom stereocenters. The largest absolute Gasteiger partial charge is 0.493 e. The van der Waals surface area contributed by atoms with E-state index in [0.29, 0.717) is 30.0 Å². The molecule has 0 unspecified atom stereocenters. The van der Waals surface area contributed by atoms with Crippen molar-refractivity contribution in [2.24, 2.45) is 5.92 Å². The number of methoxy groups -OCH3 is 2. The van der Waals surface area contributed by atoms with Crippen molar-refractivity contribution in [2.45, 2.75) is 39.8 Å². The molecule has 0 bridgehead atoms. The van der Waals surface area contributed by atoms with E-state index < -0.39 is 34.3 Å². The van der Waals surface area contributed by atoms with Gasteiger partial charge in [-0.25, -0.2) is 12.8 Å². The number of carbonyl (C=O) groups is 2. The van der Waals surface area contributed by atoms with Crippen LogP contribution in [-0.4, -0.2) is 64.7 Å². The Morgan fingerprint density at radius 3 is 2.16 bits per heavy atom. The average Bonchev–Trinajstić information content (AvgIpc) is 2.85. The van der Waals surface area contributed by atoms with Gasteiger partial charge in [0.25, 0.3) is 0 Å². The Morgan fingerprint density at radius 2 is 1.65 bits per heavy atom. The van der Waals surface area contributed by atoms with Gasteiger partial charge >= 0.3 is 0 Å². The normalized spacial score (nSPS) is 12.1. The molecule has 0 aliphatic carbocycles. The van der Waals surface area contributed by atoms with Crippen LogP contribution in [0.5, 0.6) is 11.5 Å². The van der Waals surface area contributed by atoms with Crippen LogP contribution in [0.15, 0.2) is 42.5 Å². The molecule has 2 rings (SSSR count). The predicted octanol–water partition coefficient (Wildman–Crippen LogP) is 3.19. The number of benzene rings is 2. The third-order valence-electron chi connectivity index (χ3n) is 5.67. The molecule has 2 amide bonds. The summed E-state index contributed by atoms with van der Waals surface area (Å²) in [5, 5.41) is 2.85. The first kappa shape index (κ1) is 29.9. The van der Waals surface area contributed by atoms with Crippen LogP contribution in [0.2, 0.25) is 0 Å². The van der Waals surface area contributed by atoms with Gasteiger partial charge in [-0.2, -0.15) is 0 Å². The molecule has 37 heavy (non-hydrogen) atoms. The van der Waals surface area contributed by atoms with E-state index in [1.807, 2.05) is 13.8 Å². The van der Waals surface area contributed by atoms with Gasteiger partial charge in [-0.05, 0) is 42.2 Å². The highest BCUT2D eigenvalue weighted by Crippen LogP contribution is 2.32. The fraction of sp³-hybridized carbons (Fsp3) is 0.462. The van der Waals surface area contributed by atoms with E-state index in [-0.39, 0.29) is 24.1 Å². The van der Waals surface area contributed by atoms with E-state index in [1.54, 1.807) is 13.0 Å². The van der Waals surface area contributed by atoms with Crippen LogP contribution in [0.25, 0.3) is 0 Å². The quantitative estimate of drug-likeness (QED) is 0.421. The number of rotatable bonds is 13. The molecular formula is C26H36FN3O6S. The number of sulfonamides is 1. The van der Waals surface area contributed by atoms with Crippen LogP contribution in [0.4, 0.5) is 10.1 Å². The number of ether oxygens (including phenoxy) is 2. The Balaban J connectivity index is 2.46. The lowest BCUT2D eigenvalue weighted by molar-refractivity contribution is -0.140. The third kappa shape index (κ3) is 8.34. The monoisotopic (exact) mass is 537 g/mol. The fourth-order valence-corrected chi connectivity index (χ4v) is 4.56. The molecule has 0 saturated heterocycles. The number of amides is 2. The lowest BCUT2D eigenvalue weighted by Crippen LogP contribution is -2.52. The minimum Gasteiger partial charge on any atom is -0.493 e. The first-order valence-electron chi connectivity index (χ1n) is 11.9. The highest BCUT2D eigenvalue weighted by Gasteiger charge is 2.32. The molecular weight excluding hydrogens is 501 g/mol. The maximum atomic E-state index is 13.7. The summed E-state index contributed by atoms with van der Waals surface area (Å²) in [5.41, 5.74) is 0.800. The van der Waals surface area contributed by atoms with Crippen LogP contribution in [0.1, 0.15) is 32.8 Å². The molecule has 204 valence electrons. The zero-order valence-electron chi connectivity index (χ0n) is 22.2. The molecule has 1 N–H and O–H groups in total. The van der Waals surface area contributed by atoms with E-state index in [9.17, 15) is 22.4 Å². The smallest absolute Gasteiger partial charge is 0.244 e. The van der Waals surface area contributed by atoms with Crippen LogP contribution in [0.3, 0.4) is 0 Å². The van der Waals surface area contributed by atoms with Gasteiger partial charge in [-0.3, -0.25) is 13.9 Å². The summed E-state index contributed by atoms with van der Waals surface area (Å²) in [7, 11) is -1.03. The maximum Gasteiger partial charge on any atom is 0.244 e. The van der Waals surface area contributed by atoms with Crippen molar-refractivity contribution < 1.29 is 31.9 Å². The molecule has 2 aromatic carbocycles. The number of hydrogen-bond donors (Lipinski definition) is 1. The standard InChI is InChI=1S/C26H36FN3O6S/c1-7-22(26(32)28-15-18(2)3)29(16-19-8-10-20(27)11-9-19)25(31)17-30(37(6,33)34)21-12-13-23(35-4)24(14-21)36-5/h8-14,18,22H,7,15-17H2,1-6H3,(H,28,32)/t22-/m1/s1. The Kier molecular flexibility index (Phi) is 10.7. The molecule has 0 saturated carbocycles. The summed E-state index contributed by atoms with van der Waals surface area (Å²) in [5.74, 6) is -0.464. The number of carbonyl (C=O) groups excluding carboxylic acids is 2. The minimum absolute atomic E-state index is 0.00372. The Hall–Kier alpha value is -3.34. The molecule has 0 aliphatic heterocycles. The number of halogens is 1. The van der Waals surface area contributed by atoms with Crippen molar-refractivity contribution in [1.82, 2.24) is 10.2 Å². The van der Waals surface area contributed by atoms with Crippen molar-refractivity contribution in [3.8, 4) is 11.5 Å². The fourth-order valence-electron chi connectivity index (χ4n) is 3.72. The van der Waals surface area contributed by atoms with Crippen molar-refractivity contribution in [3.05, 3.63) is 53.8 Å². The number of hydrogen-bond acceptors (Lipinski definition) is 6. The SMILES string of the molecule is CC[C@H](C(=O)NCC(C)C)N(Cc1ccc(F)cc1)C(=O)CN(c1ccc(OC)c(OC)c1)S(C)(=O)=O. The van der Waals surface area contributed by atoms with Gasteiger partial charge in [0.1, 0.15) is 18.4 Å². The molecule has 9 nitrogen and oxygen atoms in total. The Labute approximate surface area is 218 Å². The van der Waals surface area contributed by atoms with E-state index in [2.05, 4.69) is 5.32 Å². The summed E-state index contributed by atoms with van der Waals surface area (Å²) < 4.78 is 50.5. The highest BCUT2D eigenvalue weighted by molar-refractivity contribution is 7.92. The summed E-state index contributed by atoms with van der Waals surface area (Å²) in [6.07, 6.45) is 1.29. The van der Waals surface area contributed by atoms with Gasteiger partial charge in [0.05, 0.1) is 26.2 Å². The predicted molar refractivity (Wildman–Crippen MR) is 141 cm³/mol. The van der Waals surface area contributed by atoms with Crippen molar-refractivity contribution in [2.75, 3.05) is 37.9 Å². The van der Waals surface area contributed by atoms with Gasteiger partial charge in [0.2, 0.25) is 21.8 Å². The maximum absolute atomic E-state index is 13.7. The first-order valence-corrected chi connectivity index (χ1v) is 13.8. The average molecular weight is 538 g/mol. The van der Waals surface area contributed by atoms with E-state index in [1.165, 1.54) is 55.5 Å². The van der Waals surface area contributed by atoms with Crippen LogP contribution < -0.4 is 19.1 Å². The van der Waals surface area contributed by atoms with Crippen LogP contribution in [-0.2, 0) is 26.2 Å². The first-order chi connectivity index (χ1) is 17.4. The second-order valence-electron chi connectivity index (χ2n) is 9.02. The molecule has 0 radical (unpaired) electrons. The van der Waals surface area contributed by atoms with Gasteiger partial charge < -0.3 is 19.7 Å². The van der Waals surface area contributed by atoms with Crippen LogP contribution >= 0.6 is 0 Å². The highest BCUT2D eigenvalue weighted by atomic mass is 32.2. The molecule has 0 heterocycles. The van der Waals surface area contributed by atoms with Crippen molar-refractivity contribution in [1.29, 1.82) is 0 Å². The molecule has 0 aromatic heterocycles. The molecule has 11 heteroatoms. The molecule has 0 spiro atoms. The minimum atomic E-state index is -3.90. The molecule has 0 aliphatic rings. The van der Waals surface area contributed by atoms with Crippen LogP contribution in [0, 0.1) is 11.7 Å². The summed E-state index contributed by atoms with van der Waals surface area (Å²) in [6.45, 7) is 5.55. The van der Waals surface area contributed by atoms with Gasteiger partial charge in [0, 0.05) is 19.2 Å². The summed E-state index contributed by atoms with van der Waals surface area (Å²) >= 11 is 0. The van der Waals surface area contributed by atoms with E-state index in [0.717, 1.165) is 10.6 Å². The van der Waals surface area contributed by atoms with Gasteiger partial charge in [-0.1, -0.05) is 32.9 Å². The zero-order valence-corrected chi connectivity index (χ0v) is 23.0. The van der Waals surface area contributed by atoms with Gasteiger partial charge in [0.15, 0.2) is 11.5 Å². The Morgan fingerprint density at radius 1 is 1.03 bits per heavy atom. The topological polar surface area (TPSA) is 105 Å². The summed E-state index contributed by atoms with van der Waals surface area (Å²) in [6, 6.07) is 9.24. The molecule has 2 aromatic rings. The zero-order chi connectivity index (χ0) is 27.8. The summed E-state index contributed by atoms with van der Waals surface area (Å²) in [4.78, 5) is 28.1. The van der Waals surface area contributed by atoms with E-state index >= 15 is 0 Å². The van der Waals surface area contributed by atoms with E-state index in [4.69, 9.17) is 9.47 Å². The number of nitrogens with one attached hydrogen (secondary N) is 1. The number of anilines is 1. The van der Waals surface area contributed by atoms with Crippen molar-refractivity contribution in [3.63, 3.8) is 0 Å².